The Labute approximate surface area is 159 Å². The van der Waals surface area contributed by atoms with Crippen molar-refractivity contribution in [2.75, 3.05) is 17.2 Å². The highest BCUT2D eigenvalue weighted by atomic mass is 32.1. The fourth-order valence-corrected chi connectivity index (χ4v) is 3.07. The average molecular weight is 379 g/mol. The molecule has 1 aromatic carbocycles. The van der Waals surface area contributed by atoms with Crippen LogP contribution in [-0.2, 0) is 6.42 Å². The second-order valence-electron chi connectivity index (χ2n) is 5.86. The fourth-order valence-electron chi connectivity index (χ4n) is 2.63. The minimum atomic E-state index is -0.254. The quantitative estimate of drug-likeness (QED) is 0.426. The number of nitrogens with zero attached hydrogens (tertiary/aromatic N) is 4. The van der Waals surface area contributed by atoms with Gasteiger partial charge in [-0.15, -0.1) is 10.2 Å². The van der Waals surface area contributed by atoms with Gasteiger partial charge in [-0.25, -0.2) is 9.97 Å². The van der Waals surface area contributed by atoms with Gasteiger partial charge in [0, 0.05) is 19.2 Å². The van der Waals surface area contributed by atoms with Crippen LogP contribution in [0.5, 0.6) is 0 Å². The Morgan fingerprint density at radius 1 is 1.19 bits per heavy atom. The summed E-state index contributed by atoms with van der Waals surface area (Å²) in [6, 6.07) is 11.5. The molecule has 0 saturated heterocycles. The zero-order chi connectivity index (χ0) is 18.5. The number of benzene rings is 1. The van der Waals surface area contributed by atoms with Gasteiger partial charge in [-0.2, -0.15) is 0 Å². The molecule has 8 nitrogen and oxygen atoms in total. The van der Waals surface area contributed by atoms with Crippen molar-refractivity contribution in [3.63, 3.8) is 0 Å². The van der Waals surface area contributed by atoms with Crippen LogP contribution < -0.4 is 10.6 Å². The van der Waals surface area contributed by atoms with E-state index in [1.165, 1.54) is 17.5 Å². The Balaban J connectivity index is 1.25. The molecule has 0 saturated carbocycles. The molecule has 3 aromatic heterocycles. The summed E-state index contributed by atoms with van der Waals surface area (Å²) in [7, 11) is 0. The number of anilines is 2. The van der Waals surface area contributed by atoms with Gasteiger partial charge in [0.2, 0.25) is 5.13 Å². The topological polar surface area (TPSA) is 108 Å². The van der Waals surface area contributed by atoms with E-state index in [4.69, 9.17) is 0 Å². The SMILES string of the molecule is O=C(Nc1nncs1)c1ccc(NCCCc2nc3ccccc3[nH]2)nc1. The first kappa shape index (κ1) is 17.1. The molecule has 0 fully saturated rings. The summed E-state index contributed by atoms with van der Waals surface area (Å²) in [5.74, 6) is 1.46. The van der Waals surface area contributed by atoms with Gasteiger partial charge in [0.25, 0.3) is 5.91 Å². The van der Waals surface area contributed by atoms with Gasteiger partial charge in [0.1, 0.15) is 17.2 Å². The third-order valence-electron chi connectivity index (χ3n) is 3.94. The first-order valence-electron chi connectivity index (χ1n) is 8.49. The molecule has 9 heteroatoms. The number of nitrogens with one attached hydrogen (secondary N) is 3. The molecule has 0 atom stereocenters. The molecular formula is C18H17N7OS. The zero-order valence-electron chi connectivity index (χ0n) is 14.3. The Bertz CT molecular complexity index is 995. The number of para-hydroxylation sites is 2. The fraction of sp³-hybridized carbons (Fsp3) is 0.167. The number of fused-ring (bicyclic) bond motifs is 1. The van der Waals surface area contributed by atoms with Crippen molar-refractivity contribution in [2.45, 2.75) is 12.8 Å². The van der Waals surface area contributed by atoms with Crippen molar-refractivity contribution in [3.05, 3.63) is 59.5 Å². The molecule has 4 rings (SSSR count). The lowest BCUT2D eigenvalue weighted by atomic mass is 10.2. The van der Waals surface area contributed by atoms with E-state index < -0.39 is 0 Å². The maximum Gasteiger partial charge on any atom is 0.259 e. The maximum absolute atomic E-state index is 12.1. The molecule has 0 aliphatic rings. The van der Waals surface area contributed by atoms with Gasteiger partial charge >= 0.3 is 0 Å². The first-order valence-corrected chi connectivity index (χ1v) is 9.37. The van der Waals surface area contributed by atoms with Crippen LogP contribution in [0, 0.1) is 0 Å². The Kier molecular flexibility index (Phi) is 5.01. The minimum Gasteiger partial charge on any atom is -0.370 e. The van der Waals surface area contributed by atoms with E-state index in [0.717, 1.165) is 42.1 Å². The van der Waals surface area contributed by atoms with E-state index in [2.05, 4.69) is 35.8 Å². The monoisotopic (exact) mass is 379 g/mol. The van der Waals surface area contributed by atoms with Crippen molar-refractivity contribution in [2.24, 2.45) is 0 Å². The molecule has 0 spiro atoms. The highest BCUT2D eigenvalue weighted by Crippen LogP contribution is 2.13. The molecule has 0 aliphatic heterocycles. The predicted octanol–water partition coefficient (Wildman–Crippen LogP) is 3.11. The third-order valence-corrected chi connectivity index (χ3v) is 4.55. The highest BCUT2D eigenvalue weighted by Gasteiger charge is 2.08. The summed E-state index contributed by atoms with van der Waals surface area (Å²) in [6.45, 7) is 0.764. The summed E-state index contributed by atoms with van der Waals surface area (Å²) >= 11 is 1.27. The van der Waals surface area contributed by atoms with Gasteiger partial charge in [0.15, 0.2) is 0 Å². The second kappa shape index (κ2) is 7.92. The summed E-state index contributed by atoms with van der Waals surface area (Å²) < 4.78 is 0. The van der Waals surface area contributed by atoms with E-state index in [0.29, 0.717) is 10.7 Å². The number of carbonyl (C=O) groups excluding carboxylic acids is 1. The average Bonchev–Trinajstić information content (AvgIpc) is 3.34. The Morgan fingerprint density at radius 2 is 2.11 bits per heavy atom. The van der Waals surface area contributed by atoms with Crippen molar-refractivity contribution < 1.29 is 4.79 Å². The van der Waals surface area contributed by atoms with Crippen LogP contribution in [0.3, 0.4) is 0 Å². The lowest BCUT2D eigenvalue weighted by Crippen LogP contribution is -2.12. The number of aromatic amines is 1. The van der Waals surface area contributed by atoms with E-state index in [-0.39, 0.29) is 5.91 Å². The van der Waals surface area contributed by atoms with Gasteiger partial charge in [0.05, 0.1) is 16.6 Å². The lowest BCUT2D eigenvalue weighted by molar-refractivity contribution is 0.102. The van der Waals surface area contributed by atoms with Gasteiger partial charge in [-0.3, -0.25) is 10.1 Å². The smallest absolute Gasteiger partial charge is 0.259 e. The number of H-pyrrole nitrogens is 1. The second-order valence-corrected chi connectivity index (χ2v) is 6.69. The molecular weight excluding hydrogens is 362 g/mol. The molecule has 1 amide bonds. The summed E-state index contributed by atoms with van der Waals surface area (Å²) in [6.07, 6.45) is 3.31. The normalized spacial score (nSPS) is 10.8. The first-order chi connectivity index (χ1) is 13.3. The molecule has 3 heterocycles. The van der Waals surface area contributed by atoms with Crippen LogP contribution in [0.1, 0.15) is 22.6 Å². The number of pyridine rings is 1. The van der Waals surface area contributed by atoms with Crippen LogP contribution in [0.4, 0.5) is 10.9 Å². The Hall–Kier alpha value is -3.33. The summed E-state index contributed by atoms with van der Waals surface area (Å²) in [5.41, 5.74) is 4.08. The number of aryl methyl sites for hydroxylation is 1. The molecule has 4 aromatic rings. The molecule has 0 radical (unpaired) electrons. The van der Waals surface area contributed by atoms with Crippen LogP contribution >= 0.6 is 11.3 Å². The Morgan fingerprint density at radius 3 is 2.89 bits per heavy atom. The van der Waals surface area contributed by atoms with E-state index in [1.54, 1.807) is 17.6 Å². The molecule has 3 N–H and O–H groups in total. The molecule has 0 aliphatic carbocycles. The number of hydrogen-bond acceptors (Lipinski definition) is 7. The van der Waals surface area contributed by atoms with Crippen molar-refractivity contribution in [1.29, 1.82) is 0 Å². The van der Waals surface area contributed by atoms with Gasteiger partial charge in [-0.05, 0) is 30.7 Å². The molecule has 27 heavy (non-hydrogen) atoms. The summed E-state index contributed by atoms with van der Waals surface area (Å²) in [5, 5.41) is 13.9. The van der Waals surface area contributed by atoms with Crippen LogP contribution in [0.25, 0.3) is 11.0 Å². The van der Waals surface area contributed by atoms with Crippen LogP contribution in [0.15, 0.2) is 48.1 Å². The van der Waals surface area contributed by atoms with Crippen LogP contribution in [0.2, 0.25) is 0 Å². The number of rotatable bonds is 7. The number of amides is 1. The van der Waals surface area contributed by atoms with Crippen molar-refractivity contribution >= 4 is 39.2 Å². The number of hydrogen-bond donors (Lipinski definition) is 3. The maximum atomic E-state index is 12.1. The van der Waals surface area contributed by atoms with Crippen LogP contribution in [-0.4, -0.2) is 37.6 Å². The number of carbonyl (C=O) groups is 1. The largest absolute Gasteiger partial charge is 0.370 e. The summed E-state index contributed by atoms with van der Waals surface area (Å²) in [4.78, 5) is 24.2. The number of imidazole rings is 1. The number of aromatic nitrogens is 5. The molecule has 0 unspecified atom stereocenters. The van der Waals surface area contributed by atoms with E-state index in [9.17, 15) is 4.79 Å². The highest BCUT2D eigenvalue weighted by molar-refractivity contribution is 7.13. The van der Waals surface area contributed by atoms with E-state index in [1.807, 2.05) is 24.3 Å². The standard InChI is InChI=1S/C18H17N7OS/c26-17(24-18-25-21-11-27-18)12-7-8-15(20-10-12)19-9-3-6-16-22-13-4-1-2-5-14(13)23-16/h1-2,4-5,7-8,10-11H,3,6,9H2,(H,19,20)(H,22,23)(H,24,25,26). The predicted molar refractivity (Wildman–Crippen MR) is 105 cm³/mol. The van der Waals surface area contributed by atoms with Gasteiger partial charge < -0.3 is 10.3 Å². The van der Waals surface area contributed by atoms with Crippen molar-refractivity contribution in [1.82, 2.24) is 25.1 Å². The molecule has 0 bridgehead atoms. The lowest BCUT2D eigenvalue weighted by Gasteiger charge is -2.06. The van der Waals surface area contributed by atoms with Gasteiger partial charge in [-0.1, -0.05) is 23.5 Å². The molecule has 136 valence electrons. The van der Waals surface area contributed by atoms with Crippen molar-refractivity contribution in [3.8, 4) is 0 Å². The zero-order valence-corrected chi connectivity index (χ0v) is 15.2. The minimum absolute atomic E-state index is 0.254. The van der Waals surface area contributed by atoms with E-state index >= 15 is 0 Å². The third kappa shape index (κ3) is 4.26.